The molecule has 0 aliphatic carbocycles. The number of rotatable bonds is 5. The molecule has 138 valence electrons. The van der Waals surface area contributed by atoms with Crippen LogP contribution in [0.1, 0.15) is 52.4 Å². The number of likely N-dealkylation sites (tertiary alicyclic amines) is 2. The van der Waals surface area contributed by atoms with E-state index in [9.17, 15) is 4.79 Å². The van der Waals surface area contributed by atoms with Gasteiger partial charge in [-0.1, -0.05) is 12.1 Å². The van der Waals surface area contributed by atoms with Gasteiger partial charge in [-0.05, 0) is 58.5 Å². The van der Waals surface area contributed by atoms with Gasteiger partial charge in [0.1, 0.15) is 7.11 Å². The second kappa shape index (κ2) is 9.87. The average Bonchev–Trinajstić information content (AvgIpc) is 2.86. The van der Waals surface area contributed by atoms with Crippen LogP contribution in [0.4, 0.5) is 4.79 Å². The molecule has 0 aromatic rings. The van der Waals surface area contributed by atoms with Crippen LogP contribution in [-0.4, -0.2) is 67.5 Å². The van der Waals surface area contributed by atoms with Gasteiger partial charge in [-0.3, -0.25) is 0 Å². The van der Waals surface area contributed by atoms with Gasteiger partial charge < -0.3 is 19.4 Å². The van der Waals surface area contributed by atoms with Crippen molar-refractivity contribution in [2.24, 2.45) is 11.1 Å². The number of carbonyl (C=O) groups excluding carboxylic acids is 1. The van der Waals surface area contributed by atoms with E-state index < -0.39 is 0 Å². The molecule has 0 aromatic heterocycles. The maximum absolute atomic E-state index is 11.9. The first-order valence-corrected chi connectivity index (χ1v) is 9.45. The molecule has 6 nitrogen and oxygen atoms in total. The first kappa shape index (κ1) is 19.0. The van der Waals surface area contributed by atoms with Crippen LogP contribution in [0.5, 0.6) is 0 Å². The summed E-state index contributed by atoms with van der Waals surface area (Å²) in [6.07, 6.45) is 6.43. The molecular weight excluding hydrogens is 306 g/mol. The Morgan fingerprint density at radius 3 is 2.46 bits per heavy atom. The average molecular weight is 339 g/mol. The molecule has 2 aliphatic heterocycles. The van der Waals surface area contributed by atoms with Crippen LogP contribution in [0.15, 0.2) is 5.16 Å². The van der Waals surface area contributed by atoms with E-state index in [0.717, 1.165) is 58.3 Å². The third kappa shape index (κ3) is 5.10. The first-order chi connectivity index (χ1) is 11.7. The summed E-state index contributed by atoms with van der Waals surface area (Å²) in [4.78, 5) is 21.4. The molecule has 0 aromatic carbocycles. The fourth-order valence-electron chi connectivity index (χ4n) is 3.98. The molecule has 1 atom stereocenters. The van der Waals surface area contributed by atoms with Crippen molar-refractivity contribution < 1.29 is 14.4 Å². The van der Waals surface area contributed by atoms with Crippen LogP contribution in [0, 0.1) is 5.92 Å². The Kier molecular flexibility index (Phi) is 7.82. The van der Waals surface area contributed by atoms with E-state index >= 15 is 0 Å². The minimum absolute atomic E-state index is 0.153. The minimum atomic E-state index is -0.153. The van der Waals surface area contributed by atoms with Crippen molar-refractivity contribution in [2.75, 3.05) is 39.9 Å². The number of nitrogens with zero attached hydrogens (tertiary/aromatic N) is 3. The number of piperidine rings is 1. The largest absolute Gasteiger partial charge is 0.450 e. The van der Waals surface area contributed by atoms with Crippen molar-refractivity contribution in [1.82, 2.24) is 9.80 Å². The van der Waals surface area contributed by atoms with E-state index in [2.05, 4.69) is 17.0 Å². The quantitative estimate of drug-likeness (QED) is 0.570. The summed E-state index contributed by atoms with van der Waals surface area (Å²) in [6.45, 7) is 8.35. The molecule has 24 heavy (non-hydrogen) atoms. The summed E-state index contributed by atoms with van der Waals surface area (Å²) in [5.41, 5.74) is 1.20. The van der Waals surface area contributed by atoms with Gasteiger partial charge in [0, 0.05) is 25.0 Å². The lowest BCUT2D eigenvalue weighted by Gasteiger charge is -2.37. The smallest absolute Gasteiger partial charge is 0.409 e. The Balaban J connectivity index is 1.82. The van der Waals surface area contributed by atoms with E-state index in [1.807, 2.05) is 11.8 Å². The van der Waals surface area contributed by atoms with Gasteiger partial charge in [0.15, 0.2) is 0 Å². The van der Waals surface area contributed by atoms with Crippen LogP contribution < -0.4 is 0 Å². The molecule has 2 saturated heterocycles. The lowest BCUT2D eigenvalue weighted by atomic mass is 9.89. The van der Waals surface area contributed by atoms with Crippen LogP contribution >= 0.6 is 0 Å². The molecular formula is C18H33N3O3. The number of oxime groups is 1. The maximum atomic E-state index is 11.9. The lowest BCUT2D eigenvalue weighted by molar-refractivity contribution is 0.105. The first-order valence-electron chi connectivity index (χ1n) is 9.45. The predicted octanol–water partition coefficient (Wildman–Crippen LogP) is 3.12. The van der Waals surface area contributed by atoms with Crippen molar-refractivity contribution in [3.63, 3.8) is 0 Å². The fourth-order valence-corrected chi connectivity index (χ4v) is 3.98. The van der Waals surface area contributed by atoms with Gasteiger partial charge in [0.2, 0.25) is 0 Å². The van der Waals surface area contributed by atoms with Gasteiger partial charge >= 0.3 is 6.09 Å². The summed E-state index contributed by atoms with van der Waals surface area (Å²) < 4.78 is 5.14. The molecule has 2 heterocycles. The van der Waals surface area contributed by atoms with Gasteiger partial charge in [0.25, 0.3) is 0 Å². The van der Waals surface area contributed by atoms with Crippen molar-refractivity contribution >= 4 is 11.8 Å². The van der Waals surface area contributed by atoms with Crippen LogP contribution in [-0.2, 0) is 9.57 Å². The van der Waals surface area contributed by atoms with Gasteiger partial charge in [-0.2, -0.15) is 0 Å². The highest BCUT2D eigenvalue weighted by Gasteiger charge is 2.29. The zero-order valence-corrected chi connectivity index (χ0v) is 15.5. The number of hydrogen-bond donors (Lipinski definition) is 0. The van der Waals surface area contributed by atoms with Crippen molar-refractivity contribution in [3.8, 4) is 0 Å². The van der Waals surface area contributed by atoms with E-state index in [1.54, 1.807) is 7.11 Å². The second-order valence-electron chi connectivity index (χ2n) is 6.70. The summed E-state index contributed by atoms with van der Waals surface area (Å²) >= 11 is 0. The normalized spacial score (nSPS) is 24.5. The van der Waals surface area contributed by atoms with Gasteiger partial charge in [-0.15, -0.1) is 0 Å². The predicted molar refractivity (Wildman–Crippen MR) is 95.3 cm³/mol. The maximum Gasteiger partial charge on any atom is 0.409 e. The van der Waals surface area contributed by atoms with Crippen molar-refractivity contribution in [1.29, 1.82) is 0 Å². The van der Waals surface area contributed by atoms with E-state index in [1.165, 1.54) is 12.1 Å². The second-order valence-corrected chi connectivity index (χ2v) is 6.70. The zero-order chi connectivity index (χ0) is 17.4. The molecule has 2 fully saturated rings. The third-order valence-corrected chi connectivity index (χ3v) is 5.31. The fraction of sp³-hybridized carbons (Fsp3) is 0.889. The van der Waals surface area contributed by atoms with Gasteiger partial charge in [-0.25, -0.2) is 4.79 Å². The molecule has 0 radical (unpaired) electrons. The van der Waals surface area contributed by atoms with Gasteiger partial charge in [0.05, 0.1) is 12.3 Å². The zero-order valence-electron chi connectivity index (χ0n) is 15.5. The highest BCUT2D eigenvalue weighted by molar-refractivity contribution is 5.86. The monoisotopic (exact) mass is 339 g/mol. The molecule has 0 saturated carbocycles. The van der Waals surface area contributed by atoms with Crippen LogP contribution in [0.2, 0.25) is 0 Å². The Morgan fingerprint density at radius 2 is 1.83 bits per heavy atom. The Hall–Kier alpha value is -1.30. The Labute approximate surface area is 146 Å². The van der Waals surface area contributed by atoms with E-state index in [4.69, 9.17) is 9.57 Å². The Morgan fingerprint density at radius 1 is 1.08 bits per heavy atom. The molecule has 0 N–H and O–H groups in total. The summed E-state index contributed by atoms with van der Waals surface area (Å²) in [6, 6.07) is 0.592. The standard InChI is InChI=1S/C18H33N3O3/c1-4-17(19-23-3)15-8-12-20(13-9-15)16-7-6-11-21(14-10-16)18(22)24-5-2/h15-16H,4-14H2,1-3H3/b19-17+/t16-/m0/s1. The highest BCUT2D eigenvalue weighted by atomic mass is 16.6. The highest BCUT2D eigenvalue weighted by Crippen LogP contribution is 2.26. The molecule has 0 unspecified atom stereocenters. The number of hydrogen-bond acceptors (Lipinski definition) is 5. The molecule has 0 spiro atoms. The van der Waals surface area contributed by atoms with Crippen molar-refractivity contribution in [3.05, 3.63) is 0 Å². The molecule has 2 aliphatic rings. The summed E-state index contributed by atoms with van der Waals surface area (Å²) in [7, 11) is 1.63. The topological polar surface area (TPSA) is 54.4 Å². The van der Waals surface area contributed by atoms with E-state index in [-0.39, 0.29) is 6.09 Å². The minimum Gasteiger partial charge on any atom is -0.450 e. The SMILES string of the molecule is CCOC(=O)N1CCC[C@H](N2CCC(/C(CC)=N/OC)CC2)CC1. The van der Waals surface area contributed by atoms with Crippen LogP contribution in [0.25, 0.3) is 0 Å². The van der Waals surface area contributed by atoms with Crippen LogP contribution in [0.3, 0.4) is 0 Å². The molecule has 0 bridgehead atoms. The third-order valence-electron chi connectivity index (χ3n) is 5.31. The Bertz CT molecular complexity index is 420. The van der Waals surface area contributed by atoms with Crippen molar-refractivity contribution in [2.45, 2.75) is 58.4 Å². The number of amides is 1. The molecule has 2 rings (SSSR count). The molecule has 1 amide bonds. The number of carbonyl (C=O) groups is 1. The lowest BCUT2D eigenvalue weighted by Crippen LogP contribution is -2.43. The molecule has 6 heteroatoms. The summed E-state index contributed by atoms with van der Waals surface area (Å²) in [5.74, 6) is 0.563. The summed E-state index contributed by atoms with van der Waals surface area (Å²) in [5, 5.41) is 4.21. The van der Waals surface area contributed by atoms with E-state index in [0.29, 0.717) is 18.6 Å². The number of ether oxygens (including phenoxy) is 1.